The number of anilines is 1. The van der Waals surface area contributed by atoms with Crippen molar-refractivity contribution in [2.24, 2.45) is 0 Å². The Balaban J connectivity index is 1.77. The van der Waals surface area contributed by atoms with Crippen molar-refractivity contribution in [3.05, 3.63) is 22.8 Å². The molecule has 0 spiro atoms. The number of aromatic nitrogens is 3. The largest absolute Gasteiger partial charge is 0.381 e. The van der Waals surface area contributed by atoms with Gasteiger partial charge in [0.1, 0.15) is 0 Å². The Kier molecular flexibility index (Phi) is 3.22. The summed E-state index contributed by atoms with van der Waals surface area (Å²) in [6.45, 7) is 0. The van der Waals surface area contributed by atoms with E-state index in [9.17, 15) is 0 Å². The van der Waals surface area contributed by atoms with Crippen molar-refractivity contribution in [2.75, 3.05) is 12.4 Å². The second kappa shape index (κ2) is 4.85. The molecule has 0 radical (unpaired) electrons. The number of nitrogens with one attached hydrogen (secondary N) is 1. The summed E-state index contributed by atoms with van der Waals surface area (Å²) in [6, 6.07) is 4.31. The van der Waals surface area contributed by atoms with Crippen LogP contribution in [-0.4, -0.2) is 33.9 Å². The number of pyridine rings is 1. The highest BCUT2D eigenvalue weighted by molar-refractivity contribution is 9.10. The van der Waals surface area contributed by atoms with Crippen LogP contribution in [-0.2, 0) is 4.74 Å². The highest BCUT2D eigenvalue weighted by atomic mass is 79.9. The highest BCUT2D eigenvalue weighted by Gasteiger charge is 2.25. The van der Waals surface area contributed by atoms with Gasteiger partial charge in [-0.3, -0.25) is 0 Å². The molecule has 2 atom stereocenters. The second-order valence-corrected chi connectivity index (χ2v) is 5.43. The molecule has 18 heavy (non-hydrogen) atoms. The summed E-state index contributed by atoms with van der Waals surface area (Å²) in [7, 11) is 1.77. The van der Waals surface area contributed by atoms with E-state index in [2.05, 4.69) is 31.3 Å². The number of rotatable bonds is 3. The van der Waals surface area contributed by atoms with Crippen molar-refractivity contribution >= 4 is 27.5 Å². The quantitative estimate of drug-likeness (QED) is 0.946. The molecule has 2 aromatic rings. The van der Waals surface area contributed by atoms with E-state index < -0.39 is 0 Å². The maximum atomic E-state index is 5.36. The summed E-state index contributed by atoms with van der Waals surface area (Å²) in [5.74, 6) is 0.684. The maximum absolute atomic E-state index is 5.36. The average molecular weight is 311 g/mol. The third-order valence-corrected chi connectivity index (χ3v) is 3.98. The molecule has 2 heterocycles. The van der Waals surface area contributed by atoms with Crippen molar-refractivity contribution < 1.29 is 4.74 Å². The number of hydrogen-bond donors (Lipinski definition) is 1. The van der Waals surface area contributed by atoms with Gasteiger partial charge in [-0.2, -0.15) is 4.98 Å². The molecule has 0 bridgehead atoms. The minimum absolute atomic E-state index is 0.367. The molecule has 0 saturated heterocycles. The molecule has 0 aromatic carbocycles. The highest BCUT2D eigenvalue weighted by Crippen LogP contribution is 2.24. The second-order valence-electron chi connectivity index (χ2n) is 4.57. The number of fused-ring (bicyclic) bond motifs is 1. The lowest BCUT2D eigenvalue weighted by Crippen LogP contribution is -2.18. The van der Waals surface area contributed by atoms with Crippen molar-refractivity contribution in [3.63, 3.8) is 0 Å². The van der Waals surface area contributed by atoms with Crippen LogP contribution in [0.4, 0.5) is 5.95 Å². The molecule has 1 saturated carbocycles. The minimum atomic E-state index is 0.367. The van der Waals surface area contributed by atoms with Gasteiger partial charge in [-0.25, -0.2) is 4.52 Å². The van der Waals surface area contributed by atoms with Crippen LogP contribution in [0.25, 0.3) is 5.65 Å². The van der Waals surface area contributed by atoms with Gasteiger partial charge in [-0.05, 0) is 47.3 Å². The van der Waals surface area contributed by atoms with Gasteiger partial charge in [0.2, 0.25) is 5.95 Å². The van der Waals surface area contributed by atoms with Crippen LogP contribution in [0.15, 0.2) is 22.8 Å². The van der Waals surface area contributed by atoms with Gasteiger partial charge >= 0.3 is 0 Å². The maximum Gasteiger partial charge on any atom is 0.243 e. The lowest BCUT2D eigenvalue weighted by atomic mass is 10.2. The van der Waals surface area contributed by atoms with Crippen LogP contribution in [0.3, 0.4) is 0 Å². The number of ether oxygens (including phenoxy) is 1. The topological polar surface area (TPSA) is 51.5 Å². The van der Waals surface area contributed by atoms with Gasteiger partial charge < -0.3 is 10.1 Å². The third-order valence-electron chi connectivity index (χ3n) is 3.37. The van der Waals surface area contributed by atoms with Gasteiger partial charge in [0.25, 0.3) is 0 Å². The predicted molar refractivity (Wildman–Crippen MR) is 72.7 cm³/mol. The van der Waals surface area contributed by atoms with Crippen LogP contribution in [0.2, 0.25) is 0 Å². The molecule has 96 valence electrons. The molecule has 1 aliphatic carbocycles. The van der Waals surface area contributed by atoms with Crippen LogP contribution in [0, 0.1) is 0 Å². The van der Waals surface area contributed by atoms with Crippen molar-refractivity contribution in [3.8, 4) is 0 Å². The van der Waals surface area contributed by atoms with Crippen LogP contribution >= 0.6 is 15.9 Å². The molecule has 0 aliphatic heterocycles. The van der Waals surface area contributed by atoms with E-state index in [1.165, 1.54) is 0 Å². The lowest BCUT2D eigenvalue weighted by molar-refractivity contribution is 0.108. The Morgan fingerprint density at radius 1 is 1.50 bits per heavy atom. The number of methoxy groups -OCH3 is 1. The number of halogens is 1. The van der Waals surface area contributed by atoms with Crippen LogP contribution in [0.5, 0.6) is 0 Å². The molecule has 3 rings (SSSR count). The summed E-state index contributed by atoms with van der Waals surface area (Å²) in [5.41, 5.74) is 0.835. The molecule has 2 unspecified atom stereocenters. The zero-order valence-corrected chi connectivity index (χ0v) is 11.7. The van der Waals surface area contributed by atoms with Gasteiger partial charge in [-0.1, -0.05) is 0 Å². The Morgan fingerprint density at radius 3 is 3.11 bits per heavy atom. The van der Waals surface area contributed by atoms with Crippen molar-refractivity contribution in [1.29, 1.82) is 0 Å². The molecule has 5 nitrogen and oxygen atoms in total. The van der Waals surface area contributed by atoms with Gasteiger partial charge in [0.15, 0.2) is 5.65 Å². The van der Waals surface area contributed by atoms with E-state index in [0.717, 1.165) is 29.4 Å². The fourth-order valence-corrected chi connectivity index (χ4v) is 2.83. The first kappa shape index (κ1) is 11.9. The Bertz CT molecular complexity index is 556. The smallest absolute Gasteiger partial charge is 0.243 e. The van der Waals surface area contributed by atoms with Gasteiger partial charge in [0.05, 0.1) is 10.6 Å². The molecule has 1 aliphatic rings. The fraction of sp³-hybridized carbons (Fsp3) is 0.500. The van der Waals surface area contributed by atoms with E-state index in [1.54, 1.807) is 11.6 Å². The summed E-state index contributed by atoms with van der Waals surface area (Å²) in [6.07, 6.45) is 5.49. The van der Waals surface area contributed by atoms with Gasteiger partial charge in [0, 0.05) is 19.3 Å². The molecule has 2 aromatic heterocycles. The van der Waals surface area contributed by atoms with E-state index in [-0.39, 0.29) is 0 Å². The summed E-state index contributed by atoms with van der Waals surface area (Å²) < 4.78 is 8.09. The summed E-state index contributed by atoms with van der Waals surface area (Å²) >= 11 is 3.47. The Labute approximate surface area is 114 Å². The van der Waals surface area contributed by atoms with E-state index >= 15 is 0 Å². The summed E-state index contributed by atoms with van der Waals surface area (Å²) in [5, 5.41) is 7.79. The van der Waals surface area contributed by atoms with E-state index in [1.807, 2.05) is 18.3 Å². The van der Waals surface area contributed by atoms with Crippen molar-refractivity contribution in [2.45, 2.75) is 31.4 Å². The normalized spacial score (nSPS) is 23.7. The predicted octanol–water partition coefficient (Wildman–Crippen LogP) is 2.47. The monoisotopic (exact) mass is 310 g/mol. The number of nitrogens with zero attached hydrogens (tertiary/aromatic N) is 3. The first-order chi connectivity index (χ1) is 8.76. The molecule has 0 amide bonds. The molecular formula is C12H15BrN4O. The Morgan fingerprint density at radius 2 is 2.39 bits per heavy atom. The first-order valence-corrected chi connectivity index (χ1v) is 6.86. The third kappa shape index (κ3) is 2.22. The molecular weight excluding hydrogens is 296 g/mol. The summed E-state index contributed by atoms with van der Waals surface area (Å²) in [4.78, 5) is 4.48. The zero-order valence-electron chi connectivity index (χ0n) is 10.1. The van der Waals surface area contributed by atoms with Crippen LogP contribution < -0.4 is 5.32 Å². The minimum Gasteiger partial charge on any atom is -0.381 e. The van der Waals surface area contributed by atoms with Gasteiger partial charge in [-0.15, -0.1) is 5.10 Å². The number of hydrogen-bond acceptors (Lipinski definition) is 4. The average Bonchev–Trinajstić information content (AvgIpc) is 2.96. The molecule has 1 N–H and O–H groups in total. The lowest BCUT2D eigenvalue weighted by Gasteiger charge is -2.10. The van der Waals surface area contributed by atoms with Crippen molar-refractivity contribution in [1.82, 2.24) is 14.6 Å². The first-order valence-electron chi connectivity index (χ1n) is 6.06. The Hall–Kier alpha value is -1.14. The van der Waals surface area contributed by atoms with E-state index in [4.69, 9.17) is 4.74 Å². The fourth-order valence-electron chi connectivity index (χ4n) is 2.40. The van der Waals surface area contributed by atoms with E-state index in [0.29, 0.717) is 18.1 Å². The standard InChI is InChI=1S/C12H15BrN4O/c1-18-9-5-4-8(7-9)14-12-15-11-10(13)3-2-6-17(11)16-12/h2-3,6,8-9H,4-5,7H2,1H3,(H,14,16). The molecule has 1 fully saturated rings. The zero-order chi connectivity index (χ0) is 12.5. The molecule has 6 heteroatoms. The van der Waals surface area contributed by atoms with Crippen LogP contribution in [0.1, 0.15) is 19.3 Å². The SMILES string of the molecule is COC1CCC(Nc2nc3c(Br)cccn3n2)C1.